The SMILES string of the molecule is COC(=O)CCC1=C(Br)C(=O)c2ccccc2C1=O. The van der Waals surface area contributed by atoms with Gasteiger partial charge in [-0.25, -0.2) is 0 Å². The normalized spacial score (nSPS) is 14.4. The molecule has 1 aromatic carbocycles. The van der Waals surface area contributed by atoms with Crippen molar-refractivity contribution in [1.29, 1.82) is 0 Å². The summed E-state index contributed by atoms with van der Waals surface area (Å²) in [6.45, 7) is 0. The Hall–Kier alpha value is -1.75. The summed E-state index contributed by atoms with van der Waals surface area (Å²) in [5, 5.41) is 0. The van der Waals surface area contributed by atoms with Crippen LogP contribution in [-0.4, -0.2) is 24.6 Å². The second kappa shape index (κ2) is 5.48. The highest BCUT2D eigenvalue weighted by Gasteiger charge is 2.30. The zero-order valence-corrected chi connectivity index (χ0v) is 11.8. The summed E-state index contributed by atoms with van der Waals surface area (Å²) in [4.78, 5) is 35.5. The molecule has 5 heteroatoms. The fourth-order valence-corrected chi connectivity index (χ4v) is 2.54. The van der Waals surface area contributed by atoms with E-state index in [4.69, 9.17) is 0 Å². The fourth-order valence-electron chi connectivity index (χ4n) is 1.95. The van der Waals surface area contributed by atoms with E-state index in [2.05, 4.69) is 20.7 Å². The number of carbonyl (C=O) groups excluding carboxylic acids is 3. The van der Waals surface area contributed by atoms with Gasteiger partial charge in [-0.15, -0.1) is 0 Å². The van der Waals surface area contributed by atoms with Crippen molar-refractivity contribution in [3.8, 4) is 0 Å². The molecule has 1 aliphatic carbocycles. The summed E-state index contributed by atoms with van der Waals surface area (Å²) in [7, 11) is 1.29. The average Bonchev–Trinajstić information content (AvgIpc) is 2.44. The van der Waals surface area contributed by atoms with Gasteiger partial charge in [0.15, 0.2) is 5.78 Å². The Labute approximate surface area is 118 Å². The molecule has 0 radical (unpaired) electrons. The van der Waals surface area contributed by atoms with Crippen LogP contribution < -0.4 is 0 Å². The van der Waals surface area contributed by atoms with Gasteiger partial charge in [0.2, 0.25) is 5.78 Å². The van der Waals surface area contributed by atoms with E-state index in [1.807, 2.05) is 0 Å². The third-order valence-corrected chi connectivity index (χ3v) is 3.80. The maximum absolute atomic E-state index is 12.3. The summed E-state index contributed by atoms with van der Waals surface area (Å²) in [6, 6.07) is 6.66. The smallest absolute Gasteiger partial charge is 0.305 e. The number of benzene rings is 1. The number of rotatable bonds is 3. The van der Waals surface area contributed by atoms with Crippen LogP contribution in [0.15, 0.2) is 34.3 Å². The predicted molar refractivity (Wildman–Crippen MR) is 72.3 cm³/mol. The Balaban J connectivity index is 2.35. The quantitative estimate of drug-likeness (QED) is 0.803. The van der Waals surface area contributed by atoms with Gasteiger partial charge >= 0.3 is 5.97 Å². The Kier molecular flexibility index (Phi) is 3.95. The van der Waals surface area contributed by atoms with Crippen LogP contribution in [0.4, 0.5) is 0 Å². The zero-order chi connectivity index (χ0) is 14.0. The second-order valence-electron chi connectivity index (χ2n) is 4.07. The maximum atomic E-state index is 12.3. The molecule has 2 rings (SSSR count). The molecule has 0 spiro atoms. The molecule has 0 heterocycles. The highest BCUT2D eigenvalue weighted by molar-refractivity contribution is 9.12. The Morgan fingerprint density at radius 2 is 1.74 bits per heavy atom. The molecule has 0 N–H and O–H groups in total. The van der Waals surface area contributed by atoms with Crippen molar-refractivity contribution in [3.05, 3.63) is 45.4 Å². The van der Waals surface area contributed by atoms with Gasteiger partial charge < -0.3 is 4.74 Å². The molecule has 0 aliphatic heterocycles. The van der Waals surface area contributed by atoms with Crippen LogP contribution in [0.1, 0.15) is 33.6 Å². The van der Waals surface area contributed by atoms with Crippen molar-refractivity contribution in [1.82, 2.24) is 0 Å². The van der Waals surface area contributed by atoms with Gasteiger partial charge in [0.05, 0.1) is 11.6 Å². The van der Waals surface area contributed by atoms with Gasteiger partial charge in [-0.2, -0.15) is 0 Å². The van der Waals surface area contributed by atoms with E-state index in [0.29, 0.717) is 16.7 Å². The number of ether oxygens (including phenoxy) is 1. The molecule has 0 unspecified atom stereocenters. The molecule has 0 saturated heterocycles. The number of ketones is 2. The lowest BCUT2D eigenvalue weighted by Gasteiger charge is -2.17. The topological polar surface area (TPSA) is 60.4 Å². The number of hydrogen-bond acceptors (Lipinski definition) is 4. The van der Waals surface area contributed by atoms with E-state index in [0.717, 1.165) is 0 Å². The molecule has 0 atom stereocenters. The van der Waals surface area contributed by atoms with Crippen molar-refractivity contribution in [2.45, 2.75) is 12.8 Å². The number of esters is 1. The van der Waals surface area contributed by atoms with Crippen molar-refractivity contribution >= 4 is 33.5 Å². The lowest BCUT2D eigenvalue weighted by molar-refractivity contribution is -0.140. The van der Waals surface area contributed by atoms with Gasteiger partial charge in [0.1, 0.15) is 0 Å². The molecule has 0 bridgehead atoms. The Morgan fingerprint density at radius 3 is 2.32 bits per heavy atom. The minimum absolute atomic E-state index is 0.0715. The van der Waals surface area contributed by atoms with Gasteiger partial charge in [-0.1, -0.05) is 24.3 Å². The van der Waals surface area contributed by atoms with Crippen molar-refractivity contribution in [2.24, 2.45) is 0 Å². The summed E-state index contributed by atoms with van der Waals surface area (Å²) in [5.41, 5.74) is 1.10. The van der Waals surface area contributed by atoms with Gasteiger partial charge in [-0.3, -0.25) is 14.4 Å². The molecule has 4 nitrogen and oxygen atoms in total. The lowest BCUT2D eigenvalue weighted by atomic mass is 9.87. The van der Waals surface area contributed by atoms with E-state index < -0.39 is 5.97 Å². The van der Waals surface area contributed by atoms with Gasteiger partial charge in [0, 0.05) is 23.1 Å². The molecular formula is C14H11BrO4. The van der Waals surface area contributed by atoms with Crippen LogP contribution in [0.25, 0.3) is 0 Å². The van der Waals surface area contributed by atoms with Crippen LogP contribution in [0.5, 0.6) is 0 Å². The third-order valence-electron chi connectivity index (χ3n) is 2.96. The zero-order valence-electron chi connectivity index (χ0n) is 10.2. The number of hydrogen-bond donors (Lipinski definition) is 0. The first-order valence-electron chi connectivity index (χ1n) is 5.70. The number of carbonyl (C=O) groups is 3. The van der Waals surface area contributed by atoms with E-state index in [9.17, 15) is 14.4 Å². The maximum Gasteiger partial charge on any atom is 0.305 e. The van der Waals surface area contributed by atoms with Crippen molar-refractivity contribution in [3.63, 3.8) is 0 Å². The van der Waals surface area contributed by atoms with Gasteiger partial charge in [0.25, 0.3) is 0 Å². The first-order valence-corrected chi connectivity index (χ1v) is 6.49. The van der Waals surface area contributed by atoms with Crippen molar-refractivity contribution in [2.75, 3.05) is 7.11 Å². The Morgan fingerprint density at radius 1 is 1.16 bits per heavy atom. The van der Waals surface area contributed by atoms with Crippen LogP contribution in [0.2, 0.25) is 0 Å². The molecule has 1 aromatic rings. The predicted octanol–water partition coefficient (Wildman–Crippen LogP) is 2.67. The van der Waals surface area contributed by atoms with Crippen LogP contribution in [-0.2, 0) is 9.53 Å². The summed E-state index contributed by atoms with van der Waals surface area (Å²) in [6.07, 6.45) is 0.258. The Bertz CT molecular complexity index is 601. The fraction of sp³-hybridized carbons (Fsp3) is 0.214. The summed E-state index contributed by atoms with van der Waals surface area (Å²) in [5.74, 6) is -0.854. The van der Waals surface area contributed by atoms with E-state index in [1.54, 1.807) is 24.3 Å². The van der Waals surface area contributed by atoms with E-state index >= 15 is 0 Å². The second-order valence-corrected chi connectivity index (χ2v) is 4.87. The molecule has 0 fully saturated rings. The monoisotopic (exact) mass is 322 g/mol. The molecule has 0 saturated carbocycles. The summed E-state index contributed by atoms with van der Waals surface area (Å²) < 4.78 is 4.77. The molecule has 1 aliphatic rings. The van der Waals surface area contributed by atoms with Crippen molar-refractivity contribution < 1.29 is 19.1 Å². The van der Waals surface area contributed by atoms with E-state index in [-0.39, 0.29) is 28.9 Å². The largest absolute Gasteiger partial charge is 0.469 e. The first kappa shape index (κ1) is 13.7. The molecule has 0 aromatic heterocycles. The number of allylic oxidation sites excluding steroid dienone is 2. The first-order chi connectivity index (χ1) is 9.06. The molecular weight excluding hydrogens is 312 g/mol. The average molecular weight is 323 g/mol. The lowest BCUT2D eigenvalue weighted by Crippen LogP contribution is -2.20. The number of methoxy groups -OCH3 is 1. The minimum atomic E-state index is -0.410. The van der Waals surface area contributed by atoms with Crippen LogP contribution in [0.3, 0.4) is 0 Å². The molecule has 0 amide bonds. The van der Waals surface area contributed by atoms with Crippen LogP contribution >= 0.6 is 15.9 Å². The van der Waals surface area contributed by atoms with Crippen LogP contribution in [0, 0.1) is 0 Å². The minimum Gasteiger partial charge on any atom is -0.469 e. The summed E-state index contributed by atoms with van der Waals surface area (Å²) >= 11 is 3.16. The standard InChI is InChI=1S/C14H11BrO4/c1-19-11(16)7-6-10-12(15)14(18)9-5-3-2-4-8(9)13(10)17/h2-5H,6-7H2,1H3. The van der Waals surface area contributed by atoms with Gasteiger partial charge in [-0.05, 0) is 22.4 Å². The molecule has 19 heavy (non-hydrogen) atoms. The number of fused-ring (bicyclic) bond motifs is 1. The highest BCUT2D eigenvalue weighted by atomic mass is 79.9. The number of Topliss-reactive ketones (excluding diaryl/α,β-unsaturated/α-hetero) is 2. The highest BCUT2D eigenvalue weighted by Crippen LogP contribution is 2.31. The number of halogens is 1. The molecule has 98 valence electrons. The third kappa shape index (κ3) is 2.51. The van der Waals surface area contributed by atoms with E-state index in [1.165, 1.54) is 7.11 Å².